The second-order valence-electron chi connectivity index (χ2n) is 6.63. The summed E-state index contributed by atoms with van der Waals surface area (Å²) in [5.74, 6) is 1.21. The quantitative estimate of drug-likeness (QED) is 0.722. The van der Waals surface area contributed by atoms with Crippen LogP contribution in [0, 0.1) is 5.92 Å². The number of hydrogen-bond acceptors (Lipinski definition) is 3. The molecule has 1 N–H and O–H groups in total. The van der Waals surface area contributed by atoms with E-state index in [1.807, 2.05) is 59.5 Å². The number of benzene rings is 2. The monoisotopic (exact) mass is 389 g/mol. The van der Waals surface area contributed by atoms with Gasteiger partial charge in [-0.1, -0.05) is 41.9 Å². The Morgan fingerprint density at radius 3 is 2.42 bits per heavy atom. The van der Waals surface area contributed by atoms with E-state index in [0.717, 1.165) is 47.2 Å². The van der Waals surface area contributed by atoms with Gasteiger partial charge in [-0.05, 0) is 48.6 Å². The van der Waals surface area contributed by atoms with E-state index >= 15 is 0 Å². The molecule has 0 bridgehead atoms. The van der Waals surface area contributed by atoms with Crippen molar-refractivity contribution in [1.82, 2.24) is 4.90 Å². The van der Waals surface area contributed by atoms with Gasteiger partial charge >= 0.3 is 0 Å². The molecule has 0 radical (unpaired) electrons. The van der Waals surface area contributed by atoms with E-state index in [1.165, 1.54) is 0 Å². The summed E-state index contributed by atoms with van der Waals surface area (Å²) in [5, 5.41) is 11.3. The maximum atomic E-state index is 12.4. The van der Waals surface area contributed by atoms with Crippen molar-refractivity contribution in [2.45, 2.75) is 30.3 Å². The number of likely N-dealkylation sites (tertiary alicyclic amines) is 1. The number of aliphatic hydroxyl groups is 1. The van der Waals surface area contributed by atoms with Gasteiger partial charge in [-0.2, -0.15) is 0 Å². The highest BCUT2D eigenvalue weighted by molar-refractivity contribution is 7.99. The summed E-state index contributed by atoms with van der Waals surface area (Å²) < 4.78 is 0. The Balaban J connectivity index is 1.41. The van der Waals surface area contributed by atoms with Crippen LogP contribution in [-0.2, 0) is 4.79 Å². The van der Waals surface area contributed by atoms with Gasteiger partial charge in [0.15, 0.2) is 0 Å². The maximum absolute atomic E-state index is 12.4. The van der Waals surface area contributed by atoms with E-state index in [9.17, 15) is 9.90 Å². The number of amides is 1. The van der Waals surface area contributed by atoms with E-state index in [4.69, 9.17) is 11.6 Å². The smallest absolute Gasteiger partial charge is 0.223 e. The Morgan fingerprint density at radius 1 is 1.12 bits per heavy atom. The molecule has 1 amide bonds. The summed E-state index contributed by atoms with van der Waals surface area (Å²) in [6, 6.07) is 17.5. The van der Waals surface area contributed by atoms with Gasteiger partial charge in [0.2, 0.25) is 5.91 Å². The fourth-order valence-electron chi connectivity index (χ4n) is 3.33. The molecule has 1 fully saturated rings. The van der Waals surface area contributed by atoms with Crippen LogP contribution in [0.25, 0.3) is 0 Å². The summed E-state index contributed by atoms with van der Waals surface area (Å²) in [7, 11) is 0. The number of rotatable bonds is 6. The summed E-state index contributed by atoms with van der Waals surface area (Å²) >= 11 is 7.56. The van der Waals surface area contributed by atoms with Crippen molar-refractivity contribution in [3.63, 3.8) is 0 Å². The Bertz CT molecular complexity index is 700. The molecular weight excluding hydrogens is 366 g/mol. The minimum atomic E-state index is -0.436. The molecule has 0 saturated carbocycles. The lowest BCUT2D eigenvalue weighted by atomic mass is 9.87. The summed E-state index contributed by atoms with van der Waals surface area (Å²) in [6.07, 6.45) is 1.81. The fourth-order valence-corrected chi connectivity index (χ4v) is 4.30. The first-order valence-corrected chi connectivity index (χ1v) is 10.4. The highest BCUT2D eigenvalue weighted by atomic mass is 35.5. The number of nitrogens with zero attached hydrogens (tertiary/aromatic N) is 1. The molecule has 3 nitrogen and oxygen atoms in total. The topological polar surface area (TPSA) is 40.5 Å². The number of piperidine rings is 1. The first-order valence-electron chi connectivity index (χ1n) is 9.02. The molecule has 1 aliphatic heterocycles. The second kappa shape index (κ2) is 9.45. The van der Waals surface area contributed by atoms with Crippen LogP contribution in [-0.4, -0.2) is 34.8 Å². The molecule has 5 heteroatoms. The average molecular weight is 390 g/mol. The summed E-state index contributed by atoms with van der Waals surface area (Å²) in [4.78, 5) is 15.5. The normalized spacial score (nSPS) is 16.5. The van der Waals surface area contributed by atoms with Crippen molar-refractivity contribution in [3.05, 3.63) is 65.2 Å². The zero-order valence-corrected chi connectivity index (χ0v) is 16.3. The summed E-state index contributed by atoms with van der Waals surface area (Å²) in [5.41, 5.74) is 0.969. The predicted octanol–water partition coefficient (Wildman–Crippen LogP) is 4.79. The predicted molar refractivity (Wildman–Crippen MR) is 107 cm³/mol. The van der Waals surface area contributed by atoms with Crippen molar-refractivity contribution in [2.75, 3.05) is 18.8 Å². The second-order valence-corrected chi connectivity index (χ2v) is 8.23. The number of carbonyl (C=O) groups excluding carboxylic acids is 1. The lowest BCUT2D eigenvalue weighted by Gasteiger charge is -2.34. The SMILES string of the molecule is O=C(CCSc1ccc(Cl)cc1)N1CCC(C(O)c2ccccc2)CC1. The highest BCUT2D eigenvalue weighted by Gasteiger charge is 2.27. The molecule has 1 saturated heterocycles. The maximum Gasteiger partial charge on any atom is 0.223 e. The molecular formula is C21H24ClNO2S. The summed E-state index contributed by atoms with van der Waals surface area (Å²) in [6.45, 7) is 1.47. The van der Waals surface area contributed by atoms with E-state index in [1.54, 1.807) is 11.8 Å². The van der Waals surface area contributed by atoms with Gasteiger partial charge in [-0.3, -0.25) is 4.79 Å². The van der Waals surface area contributed by atoms with Crippen LogP contribution in [0.4, 0.5) is 0 Å². The number of carbonyl (C=O) groups is 1. The van der Waals surface area contributed by atoms with Gasteiger partial charge in [-0.15, -0.1) is 11.8 Å². The van der Waals surface area contributed by atoms with Gasteiger partial charge in [0, 0.05) is 35.2 Å². The van der Waals surface area contributed by atoms with Gasteiger partial charge < -0.3 is 10.0 Å². The van der Waals surface area contributed by atoms with Crippen molar-refractivity contribution < 1.29 is 9.90 Å². The van der Waals surface area contributed by atoms with Crippen molar-refractivity contribution in [1.29, 1.82) is 0 Å². The molecule has 1 aliphatic rings. The first kappa shape index (κ1) is 19.3. The van der Waals surface area contributed by atoms with E-state index in [2.05, 4.69) is 0 Å². The van der Waals surface area contributed by atoms with Crippen LogP contribution in [0.15, 0.2) is 59.5 Å². The Labute approximate surface area is 164 Å². The average Bonchev–Trinajstić information content (AvgIpc) is 2.69. The molecule has 1 unspecified atom stereocenters. The Kier molecular flexibility index (Phi) is 7.00. The number of aliphatic hydroxyl groups excluding tert-OH is 1. The van der Waals surface area contributed by atoms with Crippen LogP contribution in [0.2, 0.25) is 5.02 Å². The van der Waals surface area contributed by atoms with Crippen LogP contribution >= 0.6 is 23.4 Å². The molecule has 2 aromatic rings. The molecule has 2 aromatic carbocycles. The van der Waals surface area contributed by atoms with Crippen molar-refractivity contribution >= 4 is 29.3 Å². The number of halogens is 1. The van der Waals surface area contributed by atoms with Crippen LogP contribution in [0.5, 0.6) is 0 Å². The standard InChI is InChI=1S/C21H24ClNO2S/c22-18-6-8-19(9-7-18)26-15-12-20(24)23-13-10-17(11-14-23)21(25)16-4-2-1-3-5-16/h1-9,17,21,25H,10-15H2. The molecule has 0 aromatic heterocycles. The van der Waals surface area contributed by atoms with Crippen molar-refractivity contribution in [2.24, 2.45) is 5.92 Å². The van der Waals surface area contributed by atoms with Gasteiger partial charge in [0.05, 0.1) is 6.10 Å². The highest BCUT2D eigenvalue weighted by Crippen LogP contribution is 2.31. The third kappa shape index (κ3) is 5.26. The zero-order valence-electron chi connectivity index (χ0n) is 14.7. The van der Waals surface area contributed by atoms with E-state index in [-0.39, 0.29) is 11.8 Å². The fraction of sp³-hybridized carbons (Fsp3) is 0.381. The van der Waals surface area contributed by atoms with Crippen LogP contribution in [0.1, 0.15) is 30.9 Å². The van der Waals surface area contributed by atoms with Gasteiger partial charge in [-0.25, -0.2) is 0 Å². The van der Waals surface area contributed by atoms with Gasteiger partial charge in [0.25, 0.3) is 0 Å². The lowest BCUT2D eigenvalue weighted by molar-refractivity contribution is -0.132. The van der Waals surface area contributed by atoms with Crippen LogP contribution < -0.4 is 0 Å². The minimum absolute atomic E-state index is 0.208. The Hall–Kier alpha value is -1.49. The van der Waals surface area contributed by atoms with Crippen molar-refractivity contribution in [3.8, 4) is 0 Å². The van der Waals surface area contributed by atoms with E-state index in [0.29, 0.717) is 6.42 Å². The Morgan fingerprint density at radius 2 is 1.77 bits per heavy atom. The molecule has 138 valence electrons. The molecule has 26 heavy (non-hydrogen) atoms. The number of hydrogen-bond donors (Lipinski definition) is 1. The minimum Gasteiger partial charge on any atom is -0.388 e. The van der Waals surface area contributed by atoms with E-state index < -0.39 is 6.10 Å². The van der Waals surface area contributed by atoms with Gasteiger partial charge in [0.1, 0.15) is 0 Å². The third-order valence-electron chi connectivity index (χ3n) is 4.88. The van der Waals surface area contributed by atoms with Crippen LogP contribution in [0.3, 0.4) is 0 Å². The molecule has 0 spiro atoms. The third-order valence-corrected chi connectivity index (χ3v) is 6.14. The first-order chi connectivity index (χ1) is 12.6. The molecule has 3 rings (SSSR count). The number of thioether (sulfide) groups is 1. The largest absolute Gasteiger partial charge is 0.388 e. The molecule has 1 atom stereocenters. The zero-order chi connectivity index (χ0) is 18.4. The molecule has 0 aliphatic carbocycles. The molecule has 1 heterocycles. The lowest BCUT2D eigenvalue weighted by Crippen LogP contribution is -2.39.